The maximum absolute atomic E-state index is 12.5. The molecule has 1 fully saturated rings. The molecule has 1 aliphatic heterocycles. The number of benzene rings is 2. The molecule has 1 saturated heterocycles. The first kappa shape index (κ1) is 20.7. The van der Waals surface area contributed by atoms with Crippen LogP contribution in [-0.2, 0) is 11.3 Å². The third-order valence-electron chi connectivity index (χ3n) is 5.08. The Balaban J connectivity index is 1.51. The van der Waals surface area contributed by atoms with Crippen LogP contribution in [0.25, 0.3) is 6.08 Å². The number of hydrogen-bond donors (Lipinski definition) is 0. The molecule has 1 aliphatic rings. The SMILES string of the molecule is COc1ccc(CN2CCN(C(=O)/C=C/c3ccc(OC)c(OC)c3)CC2)cc1. The summed E-state index contributed by atoms with van der Waals surface area (Å²) in [6, 6.07) is 13.7. The molecule has 1 heterocycles. The van der Waals surface area contributed by atoms with E-state index in [0.29, 0.717) is 11.5 Å². The average Bonchev–Trinajstić information content (AvgIpc) is 2.78. The summed E-state index contributed by atoms with van der Waals surface area (Å²) in [6.07, 6.45) is 3.44. The Morgan fingerprint density at radius 2 is 1.59 bits per heavy atom. The van der Waals surface area contributed by atoms with E-state index in [1.807, 2.05) is 41.3 Å². The van der Waals surface area contributed by atoms with Gasteiger partial charge < -0.3 is 19.1 Å². The molecule has 0 N–H and O–H groups in total. The van der Waals surface area contributed by atoms with Gasteiger partial charge in [-0.2, -0.15) is 0 Å². The number of ether oxygens (including phenoxy) is 3. The highest BCUT2D eigenvalue weighted by atomic mass is 16.5. The molecule has 0 aromatic heterocycles. The number of piperazine rings is 1. The minimum atomic E-state index is 0.0314. The molecule has 0 unspecified atom stereocenters. The van der Waals surface area contributed by atoms with Crippen molar-refractivity contribution in [3.05, 3.63) is 59.7 Å². The fourth-order valence-electron chi connectivity index (χ4n) is 3.34. The van der Waals surface area contributed by atoms with Crippen LogP contribution in [0.4, 0.5) is 0 Å². The van der Waals surface area contributed by atoms with Gasteiger partial charge in [-0.3, -0.25) is 9.69 Å². The molecule has 0 aliphatic carbocycles. The van der Waals surface area contributed by atoms with E-state index in [2.05, 4.69) is 17.0 Å². The van der Waals surface area contributed by atoms with Gasteiger partial charge >= 0.3 is 0 Å². The van der Waals surface area contributed by atoms with Gasteiger partial charge in [-0.25, -0.2) is 0 Å². The van der Waals surface area contributed by atoms with E-state index in [1.165, 1.54) is 5.56 Å². The minimum absolute atomic E-state index is 0.0314. The van der Waals surface area contributed by atoms with Gasteiger partial charge in [0.25, 0.3) is 0 Å². The van der Waals surface area contributed by atoms with Gasteiger partial charge in [0, 0.05) is 38.8 Å². The standard InChI is InChI=1S/C23H28N2O4/c1-27-20-8-4-19(5-9-20)17-24-12-14-25(15-13-24)23(26)11-7-18-6-10-21(28-2)22(16-18)29-3/h4-11,16H,12-15,17H2,1-3H3/b11-7+. The molecule has 6 nitrogen and oxygen atoms in total. The highest BCUT2D eigenvalue weighted by Gasteiger charge is 2.19. The van der Waals surface area contributed by atoms with Gasteiger partial charge in [-0.1, -0.05) is 18.2 Å². The van der Waals surface area contributed by atoms with Crippen molar-refractivity contribution in [1.82, 2.24) is 9.80 Å². The highest BCUT2D eigenvalue weighted by molar-refractivity contribution is 5.92. The lowest BCUT2D eigenvalue weighted by molar-refractivity contribution is -0.127. The van der Waals surface area contributed by atoms with E-state index in [-0.39, 0.29) is 5.91 Å². The zero-order valence-electron chi connectivity index (χ0n) is 17.3. The van der Waals surface area contributed by atoms with Gasteiger partial charge in [0.15, 0.2) is 11.5 Å². The number of nitrogens with zero attached hydrogens (tertiary/aromatic N) is 2. The van der Waals surface area contributed by atoms with Crippen molar-refractivity contribution in [3.8, 4) is 17.2 Å². The van der Waals surface area contributed by atoms with Crippen molar-refractivity contribution in [2.45, 2.75) is 6.54 Å². The van der Waals surface area contributed by atoms with Crippen molar-refractivity contribution < 1.29 is 19.0 Å². The lowest BCUT2D eigenvalue weighted by Crippen LogP contribution is -2.47. The third-order valence-corrected chi connectivity index (χ3v) is 5.08. The minimum Gasteiger partial charge on any atom is -0.497 e. The predicted molar refractivity (Wildman–Crippen MR) is 113 cm³/mol. The fourth-order valence-corrected chi connectivity index (χ4v) is 3.34. The largest absolute Gasteiger partial charge is 0.497 e. The number of carbonyl (C=O) groups excluding carboxylic acids is 1. The average molecular weight is 396 g/mol. The van der Waals surface area contributed by atoms with Crippen LogP contribution < -0.4 is 14.2 Å². The Morgan fingerprint density at radius 3 is 2.21 bits per heavy atom. The number of methoxy groups -OCH3 is 3. The maximum Gasteiger partial charge on any atom is 0.246 e. The Morgan fingerprint density at radius 1 is 0.897 bits per heavy atom. The summed E-state index contributed by atoms with van der Waals surface area (Å²) in [5.74, 6) is 2.22. The third kappa shape index (κ3) is 5.51. The van der Waals surface area contributed by atoms with Crippen LogP contribution in [0.3, 0.4) is 0 Å². The molecule has 2 aromatic rings. The second-order valence-corrected chi connectivity index (χ2v) is 6.90. The molecule has 0 atom stereocenters. The summed E-state index contributed by atoms with van der Waals surface area (Å²) < 4.78 is 15.7. The summed E-state index contributed by atoms with van der Waals surface area (Å²) in [4.78, 5) is 16.8. The topological polar surface area (TPSA) is 51.2 Å². The molecule has 1 amide bonds. The van der Waals surface area contributed by atoms with Crippen LogP contribution >= 0.6 is 0 Å². The normalized spacial score (nSPS) is 14.8. The second kappa shape index (κ2) is 9.98. The smallest absolute Gasteiger partial charge is 0.246 e. The number of carbonyl (C=O) groups is 1. The van der Waals surface area contributed by atoms with E-state index in [9.17, 15) is 4.79 Å². The van der Waals surface area contributed by atoms with Gasteiger partial charge in [0.1, 0.15) is 5.75 Å². The number of rotatable bonds is 7. The van der Waals surface area contributed by atoms with Crippen molar-refractivity contribution in [1.29, 1.82) is 0 Å². The molecule has 3 rings (SSSR count). The van der Waals surface area contributed by atoms with Crippen molar-refractivity contribution in [2.24, 2.45) is 0 Å². The first-order valence-electron chi connectivity index (χ1n) is 9.67. The zero-order valence-corrected chi connectivity index (χ0v) is 17.3. The first-order valence-corrected chi connectivity index (χ1v) is 9.67. The van der Waals surface area contributed by atoms with Gasteiger partial charge in [-0.15, -0.1) is 0 Å². The molecule has 0 bridgehead atoms. The molecule has 154 valence electrons. The summed E-state index contributed by atoms with van der Waals surface area (Å²) >= 11 is 0. The van der Waals surface area contributed by atoms with E-state index in [0.717, 1.165) is 44.0 Å². The summed E-state index contributed by atoms with van der Waals surface area (Å²) in [5.41, 5.74) is 2.15. The van der Waals surface area contributed by atoms with Crippen molar-refractivity contribution >= 4 is 12.0 Å². The predicted octanol–water partition coefficient (Wildman–Crippen LogP) is 3.07. The molecule has 0 saturated carbocycles. The highest BCUT2D eigenvalue weighted by Crippen LogP contribution is 2.28. The Bertz CT molecular complexity index is 840. The summed E-state index contributed by atoms with van der Waals surface area (Å²) in [5, 5.41) is 0. The second-order valence-electron chi connectivity index (χ2n) is 6.90. The molecule has 29 heavy (non-hydrogen) atoms. The lowest BCUT2D eigenvalue weighted by atomic mass is 10.1. The van der Waals surface area contributed by atoms with Crippen LogP contribution in [-0.4, -0.2) is 63.2 Å². The van der Waals surface area contributed by atoms with E-state index >= 15 is 0 Å². The van der Waals surface area contributed by atoms with Crippen molar-refractivity contribution in [2.75, 3.05) is 47.5 Å². The van der Waals surface area contributed by atoms with Gasteiger partial charge in [-0.05, 0) is 41.5 Å². The quantitative estimate of drug-likeness (QED) is 0.674. The van der Waals surface area contributed by atoms with Crippen LogP contribution in [0.1, 0.15) is 11.1 Å². The van der Waals surface area contributed by atoms with Crippen LogP contribution in [0.2, 0.25) is 0 Å². The van der Waals surface area contributed by atoms with Gasteiger partial charge in [0.2, 0.25) is 5.91 Å². The van der Waals surface area contributed by atoms with E-state index in [1.54, 1.807) is 27.4 Å². The molecular formula is C23H28N2O4. The lowest BCUT2D eigenvalue weighted by Gasteiger charge is -2.34. The Kier molecular flexibility index (Phi) is 7.14. The molecule has 2 aromatic carbocycles. The molecule has 0 spiro atoms. The van der Waals surface area contributed by atoms with Crippen LogP contribution in [0.5, 0.6) is 17.2 Å². The van der Waals surface area contributed by atoms with Gasteiger partial charge in [0.05, 0.1) is 21.3 Å². The summed E-state index contributed by atoms with van der Waals surface area (Å²) in [6.45, 7) is 4.06. The number of hydrogen-bond acceptors (Lipinski definition) is 5. The monoisotopic (exact) mass is 396 g/mol. The molecular weight excluding hydrogens is 368 g/mol. The zero-order chi connectivity index (χ0) is 20.6. The molecule has 6 heteroatoms. The van der Waals surface area contributed by atoms with Crippen LogP contribution in [0, 0.1) is 0 Å². The Hall–Kier alpha value is -2.99. The number of amides is 1. The summed E-state index contributed by atoms with van der Waals surface area (Å²) in [7, 11) is 4.87. The fraction of sp³-hybridized carbons (Fsp3) is 0.348. The molecule has 0 radical (unpaired) electrons. The van der Waals surface area contributed by atoms with Crippen LogP contribution in [0.15, 0.2) is 48.5 Å². The maximum atomic E-state index is 12.5. The van der Waals surface area contributed by atoms with E-state index < -0.39 is 0 Å². The van der Waals surface area contributed by atoms with E-state index in [4.69, 9.17) is 14.2 Å². The Labute approximate surface area is 172 Å². The van der Waals surface area contributed by atoms with Crippen molar-refractivity contribution in [3.63, 3.8) is 0 Å². The first-order chi connectivity index (χ1) is 14.1.